The van der Waals surface area contributed by atoms with Gasteiger partial charge in [-0.25, -0.2) is 4.39 Å². The Morgan fingerprint density at radius 1 is 1.18 bits per heavy atom. The molecule has 1 N–H and O–H groups in total. The summed E-state index contributed by atoms with van der Waals surface area (Å²) in [5.41, 5.74) is 1.05. The normalized spacial score (nSPS) is 18.5. The lowest BCUT2D eigenvalue weighted by Crippen LogP contribution is -2.41. The van der Waals surface area contributed by atoms with E-state index in [2.05, 4.69) is 9.71 Å². The van der Waals surface area contributed by atoms with Crippen molar-refractivity contribution in [3.8, 4) is 0 Å². The third-order valence-electron chi connectivity index (χ3n) is 4.96. The van der Waals surface area contributed by atoms with Crippen LogP contribution in [0.2, 0.25) is 5.02 Å². The molecule has 0 atom stereocenters. The van der Waals surface area contributed by atoms with Crippen LogP contribution in [-0.4, -0.2) is 38.2 Å². The number of amidine groups is 1. The molecule has 0 saturated carbocycles. The third kappa shape index (κ3) is 3.49. The molecule has 2 heterocycles. The molecule has 1 fully saturated rings. The molecular formula is C19H17ClFN3O3S. The summed E-state index contributed by atoms with van der Waals surface area (Å²) in [6.45, 7) is 1.04. The molecule has 0 aliphatic carbocycles. The van der Waals surface area contributed by atoms with Crippen molar-refractivity contribution >= 4 is 39.1 Å². The van der Waals surface area contributed by atoms with Gasteiger partial charge in [-0.3, -0.25) is 4.79 Å². The van der Waals surface area contributed by atoms with Gasteiger partial charge in [0.15, 0.2) is 5.84 Å². The molecule has 0 radical (unpaired) electrons. The number of halogens is 2. The van der Waals surface area contributed by atoms with Crippen LogP contribution in [0.3, 0.4) is 0 Å². The first-order chi connectivity index (χ1) is 13.3. The number of amides is 1. The van der Waals surface area contributed by atoms with E-state index in [1.807, 2.05) is 4.90 Å². The van der Waals surface area contributed by atoms with Gasteiger partial charge in [0.1, 0.15) is 10.7 Å². The van der Waals surface area contributed by atoms with Gasteiger partial charge in [-0.05, 0) is 43.2 Å². The van der Waals surface area contributed by atoms with E-state index in [0.717, 1.165) is 0 Å². The number of rotatable bonds is 2. The van der Waals surface area contributed by atoms with Crippen LogP contribution in [0.25, 0.3) is 0 Å². The van der Waals surface area contributed by atoms with Crippen LogP contribution in [-0.2, 0) is 14.8 Å². The number of nitrogens with one attached hydrogen (secondary N) is 1. The fourth-order valence-electron chi connectivity index (χ4n) is 3.49. The van der Waals surface area contributed by atoms with Crippen molar-refractivity contribution in [2.75, 3.05) is 18.4 Å². The van der Waals surface area contributed by atoms with E-state index in [1.165, 1.54) is 18.2 Å². The number of benzene rings is 2. The molecule has 146 valence electrons. The van der Waals surface area contributed by atoms with E-state index < -0.39 is 15.8 Å². The van der Waals surface area contributed by atoms with Crippen LogP contribution >= 0.6 is 11.6 Å². The van der Waals surface area contributed by atoms with Crippen molar-refractivity contribution < 1.29 is 17.6 Å². The average Bonchev–Trinajstić information content (AvgIpc) is 2.96. The zero-order chi connectivity index (χ0) is 19.9. The number of nitrogens with zero attached hydrogens (tertiary/aromatic N) is 2. The van der Waals surface area contributed by atoms with Crippen molar-refractivity contribution in [2.24, 2.45) is 10.3 Å². The molecule has 0 bridgehead atoms. The molecule has 2 aliphatic heterocycles. The number of carbonyl (C=O) groups is 1. The molecular weight excluding hydrogens is 405 g/mol. The predicted octanol–water partition coefficient (Wildman–Crippen LogP) is 3.28. The summed E-state index contributed by atoms with van der Waals surface area (Å²) in [6, 6.07) is 10.8. The van der Waals surface area contributed by atoms with Crippen molar-refractivity contribution in [3.63, 3.8) is 0 Å². The Balaban J connectivity index is 1.42. The highest BCUT2D eigenvalue weighted by atomic mass is 35.5. The Kier molecular flexibility index (Phi) is 4.84. The number of carbonyl (C=O) groups excluding carboxylic acids is 1. The summed E-state index contributed by atoms with van der Waals surface area (Å²) in [6.07, 6.45) is 1.12. The second kappa shape index (κ2) is 7.18. The first-order valence-corrected chi connectivity index (χ1v) is 10.6. The van der Waals surface area contributed by atoms with Gasteiger partial charge in [0.25, 0.3) is 10.0 Å². The zero-order valence-electron chi connectivity index (χ0n) is 14.7. The van der Waals surface area contributed by atoms with Gasteiger partial charge >= 0.3 is 0 Å². The summed E-state index contributed by atoms with van der Waals surface area (Å²) in [5.74, 6) is -0.488. The number of likely N-dealkylation sites (tertiary alicyclic amines) is 1. The maximum absolute atomic E-state index is 13.2. The highest BCUT2D eigenvalue weighted by Crippen LogP contribution is 2.30. The first kappa shape index (κ1) is 18.9. The second-order valence-electron chi connectivity index (χ2n) is 6.77. The van der Waals surface area contributed by atoms with E-state index in [1.54, 1.807) is 24.3 Å². The molecule has 0 spiro atoms. The van der Waals surface area contributed by atoms with Crippen LogP contribution in [0.1, 0.15) is 18.4 Å². The maximum atomic E-state index is 13.2. The SMILES string of the molecule is O=C(Nc1ccc(F)c(Cl)c1)C1CCN(C2=NS(=O)(=O)c3ccccc32)CC1. The molecule has 4 rings (SSSR count). The first-order valence-electron chi connectivity index (χ1n) is 8.80. The summed E-state index contributed by atoms with van der Waals surface area (Å²) in [5, 5.41) is 2.71. The lowest BCUT2D eigenvalue weighted by atomic mass is 9.95. The van der Waals surface area contributed by atoms with Crippen LogP contribution in [0.15, 0.2) is 51.8 Å². The molecule has 28 heavy (non-hydrogen) atoms. The van der Waals surface area contributed by atoms with Gasteiger partial charge < -0.3 is 10.2 Å². The van der Waals surface area contributed by atoms with Gasteiger partial charge in [0.05, 0.1) is 5.02 Å². The molecule has 1 saturated heterocycles. The Labute approximate surface area is 167 Å². The highest BCUT2D eigenvalue weighted by Gasteiger charge is 2.34. The van der Waals surface area contributed by atoms with E-state index in [9.17, 15) is 17.6 Å². The van der Waals surface area contributed by atoms with Gasteiger partial charge in [-0.2, -0.15) is 8.42 Å². The quantitative estimate of drug-likeness (QED) is 0.807. The Morgan fingerprint density at radius 3 is 2.61 bits per heavy atom. The summed E-state index contributed by atoms with van der Waals surface area (Å²) in [4.78, 5) is 14.6. The molecule has 1 amide bonds. The lowest BCUT2D eigenvalue weighted by molar-refractivity contribution is -0.120. The smallest absolute Gasteiger partial charge is 0.285 e. The number of piperidine rings is 1. The molecule has 2 aliphatic rings. The van der Waals surface area contributed by atoms with Crippen LogP contribution in [0, 0.1) is 11.7 Å². The molecule has 2 aromatic carbocycles. The minimum absolute atomic E-state index is 0.0493. The topological polar surface area (TPSA) is 78.8 Å². The number of hydrogen-bond donors (Lipinski definition) is 1. The number of fused-ring (bicyclic) bond motifs is 1. The second-order valence-corrected chi connectivity index (χ2v) is 8.75. The average molecular weight is 422 g/mol. The van der Waals surface area contributed by atoms with Crippen LogP contribution in [0.5, 0.6) is 0 Å². The summed E-state index contributed by atoms with van der Waals surface area (Å²) in [7, 11) is -3.66. The fourth-order valence-corrected chi connectivity index (χ4v) is 4.90. The molecule has 0 unspecified atom stereocenters. The molecule has 9 heteroatoms. The van der Waals surface area contributed by atoms with Crippen LogP contribution in [0.4, 0.5) is 10.1 Å². The van der Waals surface area contributed by atoms with Crippen LogP contribution < -0.4 is 5.32 Å². The summed E-state index contributed by atoms with van der Waals surface area (Å²) >= 11 is 5.74. The van der Waals surface area contributed by atoms with Crippen molar-refractivity contribution in [1.82, 2.24) is 4.90 Å². The number of sulfonamides is 1. The number of hydrogen-bond acceptors (Lipinski definition) is 4. The Hall–Kier alpha value is -2.45. The fraction of sp³-hybridized carbons (Fsp3) is 0.263. The lowest BCUT2D eigenvalue weighted by Gasteiger charge is -2.32. The van der Waals surface area contributed by atoms with Crippen molar-refractivity contribution in [1.29, 1.82) is 0 Å². The Morgan fingerprint density at radius 2 is 1.89 bits per heavy atom. The number of anilines is 1. The van der Waals surface area contributed by atoms with Crippen molar-refractivity contribution in [2.45, 2.75) is 17.7 Å². The van der Waals surface area contributed by atoms with E-state index >= 15 is 0 Å². The van der Waals surface area contributed by atoms with E-state index in [-0.39, 0.29) is 21.7 Å². The Bertz CT molecular complexity index is 1080. The maximum Gasteiger partial charge on any atom is 0.285 e. The van der Waals surface area contributed by atoms with Gasteiger partial charge in [0, 0.05) is 30.3 Å². The van der Waals surface area contributed by atoms with E-state index in [0.29, 0.717) is 43.0 Å². The standard InChI is InChI=1S/C19H17ClFN3O3S/c20-15-11-13(5-6-16(15)21)22-19(25)12-7-9-24(10-8-12)18-14-3-1-2-4-17(14)28(26,27)23-18/h1-6,11-12H,7-10H2,(H,22,25). The molecule has 2 aromatic rings. The largest absolute Gasteiger partial charge is 0.355 e. The minimum atomic E-state index is -3.66. The summed E-state index contributed by atoms with van der Waals surface area (Å²) < 4.78 is 41.6. The monoisotopic (exact) mass is 421 g/mol. The predicted molar refractivity (Wildman–Crippen MR) is 105 cm³/mol. The van der Waals surface area contributed by atoms with Gasteiger partial charge in [0.2, 0.25) is 5.91 Å². The zero-order valence-corrected chi connectivity index (χ0v) is 16.3. The van der Waals surface area contributed by atoms with Gasteiger partial charge in [-0.1, -0.05) is 23.7 Å². The highest BCUT2D eigenvalue weighted by molar-refractivity contribution is 7.90. The van der Waals surface area contributed by atoms with Crippen molar-refractivity contribution in [3.05, 3.63) is 58.9 Å². The molecule has 6 nitrogen and oxygen atoms in total. The minimum Gasteiger partial charge on any atom is -0.355 e. The third-order valence-corrected chi connectivity index (χ3v) is 6.58. The molecule has 0 aromatic heterocycles. The van der Waals surface area contributed by atoms with E-state index in [4.69, 9.17) is 11.6 Å². The van der Waals surface area contributed by atoms with Gasteiger partial charge in [-0.15, -0.1) is 4.40 Å².